The molecule has 5 heteroatoms. The van der Waals surface area contributed by atoms with Crippen molar-refractivity contribution in [2.24, 2.45) is 0 Å². The third kappa shape index (κ3) is 4.26. The zero-order valence-corrected chi connectivity index (χ0v) is 13.7. The molecule has 2 aromatic carbocycles. The molecule has 1 heterocycles. The maximum Gasteiger partial charge on any atom is 0.253 e. The van der Waals surface area contributed by atoms with E-state index < -0.39 is 0 Å². The van der Waals surface area contributed by atoms with Crippen LogP contribution in [0.3, 0.4) is 0 Å². The highest BCUT2D eigenvalue weighted by Gasteiger charge is 2.21. The predicted molar refractivity (Wildman–Crippen MR) is 95.1 cm³/mol. The molecular weight excluding hydrogens is 302 g/mol. The van der Waals surface area contributed by atoms with E-state index in [1.807, 2.05) is 35.2 Å². The van der Waals surface area contributed by atoms with E-state index in [0.29, 0.717) is 17.9 Å². The number of para-hydroxylation sites is 1. The smallest absolute Gasteiger partial charge is 0.253 e. The minimum atomic E-state index is 0.0789. The number of nitrogen functional groups attached to an aromatic ring is 1. The Labute approximate surface area is 142 Å². The lowest BCUT2D eigenvalue weighted by Crippen LogP contribution is -2.49. The van der Waals surface area contributed by atoms with Crippen molar-refractivity contribution in [2.45, 2.75) is 0 Å². The van der Waals surface area contributed by atoms with Gasteiger partial charge in [-0.3, -0.25) is 9.69 Å². The number of nitrogens with zero attached hydrogens (tertiary/aromatic N) is 2. The summed E-state index contributed by atoms with van der Waals surface area (Å²) >= 11 is 0. The summed E-state index contributed by atoms with van der Waals surface area (Å²) in [5, 5.41) is 0. The largest absolute Gasteiger partial charge is 0.492 e. The summed E-state index contributed by atoms with van der Waals surface area (Å²) < 4.78 is 5.73. The van der Waals surface area contributed by atoms with E-state index in [-0.39, 0.29) is 5.91 Å². The maximum atomic E-state index is 12.5. The topological polar surface area (TPSA) is 58.8 Å². The van der Waals surface area contributed by atoms with Gasteiger partial charge in [0.1, 0.15) is 12.4 Å². The quantitative estimate of drug-likeness (QED) is 0.856. The number of hydrogen-bond acceptors (Lipinski definition) is 4. The van der Waals surface area contributed by atoms with Crippen LogP contribution < -0.4 is 10.5 Å². The van der Waals surface area contributed by atoms with E-state index in [2.05, 4.69) is 4.90 Å². The van der Waals surface area contributed by atoms with Crippen LogP contribution in [0, 0.1) is 0 Å². The number of benzene rings is 2. The summed E-state index contributed by atoms with van der Waals surface area (Å²) in [5.41, 5.74) is 7.04. The monoisotopic (exact) mass is 325 g/mol. The van der Waals surface area contributed by atoms with Gasteiger partial charge in [0, 0.05) is 44.0 Å². The van der Waals surface area contributed by atoms with Crippen LogP contribution in [0.4, 0.5) is 5.69 Å². The van der Waals surface area contributed by atoms with E-state index in [1.165, 1.54) is 0 Å². The van der Waals surface area contributed by atoms with Crippen LogP contribution in [0.1, 0.15) is 10.4 Å². The van der Waals surface area contributed by atoms with Gasteiger partial charge in [-0.05, 0) is 36.4 Å². The SMILES string of the molecule is Nc1ccc(C(=O)N2CCN(CCOc3ccccc3)CC2)cc1. The van der Waals surface area contributed by atoms with Gasteiger partial charge >= 0.3 is 0 Å². The van der Waals surface area contributed by atoms with E-state index in [1.54, 1.807) is 24.3 Å². The van der Waals surface area contributed by atoms with E-state index in [4.69, 9.17) is 10.5 Å². The Morgan fingerprint density at radius 1 is 0.958 bits per heavy atom. The summed E-state index contributed by atoms with van der Waals surface area (Å²) in [6.45, 7) is 4.77. The zero-order chi connectivity index (χ0) is 16.8. The molecule has 0 radical (unpaired) electrons. The van der Waals surface area contributed by atoms with Gasteiger partial charge in [0.15, 0.2) is 0 Å². The molecule has 2 N–H and O–H groups in total. The van der Waals surface area contributed by atoms with Crippen LogP contribution in [0.5, 0.6) is 5.75 Å². The van der Waals surface area contributed by atoms with Crippen molar-refractivity contribution < 1.29 is 9.53 Å². The molecule has 0 aliphatic carbocycles. The Balaban J connectivity index is 1.42. The summed E-state index contributed by atoms with van der Waals surface area (Å²) in [7, 11) is 0. The lowest BCUT2D eigenvalue weighted by atomic mass is 10.1. The van der Waals surface area contributed by atoms with E-state index >= 15 is 0 Å². The molecule has 3 rings (SSSR count). The van der Waals surface area contributed by atoms with Gasteiger partial charge in [-0.1, -0.05) is 18.2 Å². The fraction of sp³-hybridized carbons (Fsp3) is 0.316. The van der Waals surface area contributed by atoms with Crippen LogP contribution in [0.25, 0.3) is 0 Å². The average molecular weight is 325 g/mol. The molecule has 1 saturated heterocycles. The summed E-state index contributed by atoms with van der Waals surface area (Å²) in [5.74, 6) is 0.977. The predicted octanol–water partition coefficient (Wildman–Crippen LogP) is 2.11. The van der Waals surface area contributed by atoms with E-state index in [9.17, 15) is 4.79 Å². The highest BCUT2D eigenvalue weighted by atomic mass is 16.5. The minimum Gasteiger partial charge on any atom is -0.492 e. The first kappa shape index (κ1) is 16.3. The number of amides is 1. The number of anilines is 1. The second kappa shape index (κ2) is 7.84. The minimum absolute atomic E-state index is 0.0789. The van der Waals surface area contributed by atoms with Crippen LogP contribution in [-0.4, -0.2) is 55.0 Å². The van der Waals surface area contributed by atoms with Crippen LogP contribution >= 0.6 is 0 Å². The molecular formula is C19H23N3O2. The number of carbonyl (C=O) groups is 1. The number of rotatable bonds is 5. The molecule has 0 spiro atoms. The number of piperazine rings is 1. The van der Waals surface area contributed by atoms with Crippen molar-refractivity contribution in [3.05, 3.63) is 60.2 Å². The molecule has 1 amide bonds. The van der Waals surface area contributed by atoms with E-state index in [0.717, 1.165) is 38.5 Å². The standard InChI is InChI=1S/C19H23N3O2/c20-17-8-6-16(7-9-17)19(23)22-12-10-21(11-13-22)14-15-24-18-4-2-1-3-5-18/h1-9H,10-15,20H2. The summed E-state index contributed by atoms with van der Waals surface area (Å²) in [4.78, 5) is 16.7. The molecule has 126 valence electrons. The average Bonchev–Trinajstić information content (AvgIpc) is 2.63. The first-order chi connectivity index (χ1) is 11.7. The molecule has 0 bridgehead atoms. The van der Waals surface area contributed by atoms with Crippen LogP contribution in [0.15, 0.2) is 54.6 Å². The van der Waals surface area contributed by atoms with Crippen LogP contribution in [0.2, 0.25) is 0 Å². The Bertz CT molecular complexity index is 650. The Morgan fingerprint density at radius 3 is 2.29 bits per heavy atom. The van der Waals surface area contributed by atoms with Crippen LogP contribution in [-0.2, 0) is 0 Å². The summed E-state index contributed by atoms with van der Waals surface area (Å²) in [6.07, 6.45) is 0. The number of nitrogens with two attached hydrogens (primary N) is 1. The third-order valence-corrected chi connectivity index (χ3v) is 4.24. The van der Waals surface area contributed by atoms with Crippen molar-refractivity contribution in [1.82, 2.24) is 9.80 Å². The Morgan fingerprint density at radius 2 is 1.62 bits per heavy atom. The lowest BCUT2D eigenvalue weighted by Gasteiger charge is -2.34. The Hall–Kier alpha value is -2.53. The van der Waals surface area contributed by atoms with Crippen molar-refractivity contribution in [2.75, 3.05) is 45.1 Å². The second-order valence-electron chi connectivity index (χ2n) is 5.92. The van der Waals surface area contributed by atoms with Gasteiger partial charge in [-0.15, -0.1) is 0 Å². The first-order valence-electron chi connectivity index (χ1n) is 8.27. The fourth-order valence-electron chi connectivity index (χ4n) is 2.79. The summed E-state index contributed by atoms with van der Waals surface area (Å²) in [6, 6.07) is 17.0. The van der Waals surface area contributed by atoms with Gasteiger partial charge in [0.05, 0.1) is 0 Å². The number of hydrogen-bond donors (Lipinski definition) is 1. The molecule has 5 nitrogen and oxygen atoms in total. The molecule has 0 unspecified atom stereocenters. The molecule has 2 aromatic rings. The van der Waals surface area contributed by atoms with Gasteiger partial charge in [0.25, 0.3) is 5.91 Å². The number of carbonyl (C=O) groups excluding carboxylic acids is 1. The molecule has 1 fully saturated rings. The fourth-order valence-corrected chi connectivity index (χ4v) is 2.79. The molecule has 24 heavy (non-hydrogen) atoms. The number of ether oxygens (including phenoxy) is 1. The highest BCUT2D eigenvalue weighted by Crippen LogP contribution is 2.12. The third-order valence-electron chi connectivity index (χ3n) is 4.24. The highest BCUT2D eigenvalue weighted by molar-refractivity contribution is 5.94. The van der Waals surface area contributed by atoms with Crippen molar-refractivity contribution in [3.8, 4) is 5.75 Å². The van der Waals surface area contributed by atoms with Gasteiger partial charge < -0.3 is 15.4 Å². The lowest BCUT2D eigenvalue weighted by molar-refractivity contribution is 0.0620. The zero-order valence-electron chi connectivity index (χ0n) is 13.7. The first-order valence-corrected chi connectivity index (χ1v) is 8.27. The molecule has 1 aliphatic heterocycles. The van der Waals surface area contributed by atoms with Crippen molar-refractivity contribution in [3.63, 3.8) is 0 Å². The van der Waals surface area contributed by atoms with Gasteiger partial charge in [-0.2, -0.15) is 0 Å². The maximum absolute atomic E-state index is 12.5. The van der Waals surface area contributed by atoms with Gasteiger partial charge in [-0.25, -0.2) is 0 Å². The second-order valence-corrected chi connectivity index (χ2v) is 5.92. The van der Waals surface area contributed by atoms with Gasteiger partial charge in [0.2, 0.25) is 0 Å². The molecule has 1 aliphatic rings. The van der Waals surface area contributed by atoms with Crippen molar-refractivity contribution >= 4 is 11.6 Å². The normalized spacial score (nSPS) is 15.2. The molecule has 0 saturated carbocycles. The molecule has 0 atom stereocenters. The van der Waals surface area contributed by atoms with Crippen molar-refractivity contribution in [1.29, 1.82) is 0 Å². The molecule has 0 aromatic heterocycles. The Kier molecular flexibility index (Phi) is 5.33.